The van der Waals surface area contributed by atoms with Gasteiger partial charge in [0.2, 0.25) is 0 Å². The Hall–Kier alpha value is -1.55. The van der Waals surface area contributed by atoms with Gasteiger partial charge in [-0.15, -0.1) is 0 Å². The van der Waals surface area contributed by atoms with Crippen molar-refractivity contribution in [2.75, 3.05) is 13.1 Å². The number of nitrogens with zero attached hydrogens (tertiary/aromatic N) is 1. The van der Waals surface area contributed by atoms with E-state index in [0.29, 0.717) is 19.0 Å². The fourth-order valence-corrected chi connectivity index (χ4v) is 3.11. The molecule has 128 valence electrons. The summed E-state index contributed by atoms with van der Waals surface area (Å²) < 4.78 is 5.44. The normalized spacial score (nSPS) is 22.0. The largest absolute Gasteiger partial charge is 0.444 e. The molecule has 4 nitrogen and oxygen atoms in total. The lowest BCUT2D eigenvalue weighted by Gasteiger charge is -2.37. The molecule has 1 saturated heterocycles. The Labute approximate surface area is 140 Å². The number of hydrogen-bond donors (Lipinski definition) is 1. The third-order valence-corrected chi connectivity index (χ3v) is 4.26. The summed E-state index contributed by atoms with van der Waals surface area (Å²) in [7, 11) is 0. The maximum absolute atomic E-state index is 12.2. The summed E-state index contributed by atoms with van der Waals surface area (Å²) >= 11 is 0. The summed E-state index contributed by atoms with van der Waals surface area (Å²) in [6.45, 7) is 9.09. The molecule has 1 aromatic carbocycles. The number of amides is 1. The Bertz CT molecular complexity index is 519. The van der Waals surface area contributed by atoms with E-state index >= 15 is 0 Å². The van der Waals surface area contributed by atoms with Gasteiger partial charge in [-0.3, -0.25) is 0 Å². The molecule has 4 heteroatoms. The monoisotopic (exact) mass is 318 g/mol. The average molecular weight is 318 g/mol. The van der Waals surface area contributed by atoms with Crippen LogP contribution in [-0.2, 0) is 11.2 Å². The molecule has 1 fully saturated rings. The summed E-state index contributed by atoms with van der Waals surface area (Å²) in [5, 5.41) is 0. The van der Waals surface area contributed by atoms with Crippen LogP contribution in [0.5, 0.6) is 0 Å². The van der Waals surface area contributed by atoms with Crippen LogP contribution in [0, 0.1) is 0 Å². The van der Waals surface area contributed by atoms with Crippen molar-refractivity contribution in [3.63, 3.8) is 0 Å². The van der Waals surface area contributed by atoms with Gasteiger partial charge in [0.1, 0.15) is 5.60 Å². The molecular formula is C19H30N2O2. The highest BCUT2D eigenvalue weighted by molar-refractivity contribution is 5.68. The molecule has 0 radical (unpaired) electrons. The van der Waals surface area contributed by atoms with Gasteiger partial charge in [-0.2, -0.15) is 0 Å². The molecule has 0 bridgehead atoms. The molecule has 1 amide bonds. The number of ether oxygens (including phenoxy) is 1. The van der Waals surface area contributed by atoms with E-state index < -0.39 is 5.60 Å². The maximum atomic E-state index is 12.2. The smallest absolute Gasteiger partial charge is 0.410 e. The molecule has 2 rings (SSSR count). The van der Waals surface area contributed by atoms with Crippen LogP contribution in [0.2, 0.25) is 0 Å². The number of benzene rings is 1. The van der Waals surface area contributed by atoms with E-state index in [4.69, 9.17) is 10.5 Å². The van der Waals surface area contributed by atoms with Crippen molar-refractivity contribution in [1.82, 2.24) is 4.90 Å². The third kappa shape index (κ3) is 4.96. The van der Waals surface area contributed by atoms with E-state index in [0.717, 1.165) is 19.3 Å². The Morgan fingerprint density at radius 3 is 2.48 bits per heavy atom. The Morgan fingerprint density at radius 2 is 1.96 bits per heavy atom. The van der Waals surface area contributed by atoms with Crippen LogP contribution in [0.15, 0.2) is 24.3 Å². The molecule has 1 aliphatic heterocycles. The van der Waals surface area contributed by atoms with Gasteiger partial charge in [-0.05, 0) is 44.7 Å². The maximum Gasteiger partial charge on any atom is 0.410 e. The number of carbonyl (C=O) groups excluding carboxylic acids is 1. The number of carbonyl (C=O) groups is 1. The molecule has 0 saturated carbocycles. The van der Waals surface area contributed by atoms with Gasteiger partial charge in [-0.25, -0.2) is 4.79 Å². The van der Waals surface area contributed by atoms with E-state index in [1.165, 1.54) is 11.1 Å². The topological polar surface area (TPSA) is 55.6 Å². The second kappa shape index (κ2) is 7.35. The Kier molecular flexibility index (Phi) is 5.69. The van der Waals surface area contributed by atoms with Gasteiger partial charge in [0, 0.05) is 25.0 Å². The van der Waals surface area contributed by atoms with Crippen LogP contribution in [0.1, 0.15) is 57.6 Å². The second-order valence-electron chi connectivity index (χ2n) is 7.48. The molecular weight excluding hydrogens is 288 g/mol. The third-order valence-electron chi connectivity index (χ3n) is 4.26. The summed E-state index contributed by atoms with van der Waals surface area (Å²) in [4.78, 5) is 13.9. The Balaban J connectivity index is 1.97. The summed E-state index contributed by atoms with van der Waals surface area (Å²) in [5.74, 6) is 0.310. The minimum atomic E-state index is -0.465. The average Bonchev–Trinajstić information content (AvgIpc) is 2.47. The quantitative estimate of drug-likeness (QED) is 0.924. The van der Waals surface area contributed by atoms with Crippen molar-refractivity contribution in [3.05, 3.63) is 35.4 Å². The van der Waals surface area contributed by atoms with Crippen LogP contribution in [0.25, 0.3) is 0 Å². The first kappa shape index (κ1) is 17.8. The van der Waals surface area contributed by atoms with E-state index in [1.807, 2.05) is 20.8 Å². The predicted octanol–water partition coefficient (Wildman–Crippen LogP) is 3.69. The van der Waals surface area contributed by atoms with Crippen LogP contribution >= 0.6 is 0 Å². The number of piperidine rings is 1. The summed E-state index contributed by atoms with van der Waals surface area (Å²) in [6.07, 6.45) is 2.90. The molecule has 1 aromatic rings. The number of aryl methyl sites for hydroxylation is 1. The number of hydrogen-bond acceptors (Lipinski definition) is 3. The zero-order valence-electron chi connectivity index (χ0n) is 14.8. The highest BCUT2D eigenvalue weighted by atomic mass is 16.6. The first-order valence-electron chi connectivity index (χ1n) is 8.62. The zero-order chi connectivity index (χ0) is 17.0. The summed E-state index contributed by atoms with van der Waals surface area (Å²) in [5.41, 5.74) is 8.54. The molecule has 0 spiro atoms. The number of likely N-dealkylation sites (tertiary alicyclic amines) is 1. The number of rotatable bonds is 3. The highest BCUT2D eigenvalue weighted by Crippen LogP contribution is 2.28. The van der Waals surface area contributed by atoms with Crippen LogP contribution in [-0.4, -0.2) is 35.7 Å². The van der Waals surface area contributed by atoms with Crippen LogP contribution < -0.4 is 5.73 Å². The van der Waals surface area contributed by atoms with Crippen molar-refractivity contribution < 1.29 is 9.53 Å². The van der Waals surface area contributed by atoms with E-state index in [-0.39, 0.29) is 12.1 Å². The minimum absolute atomic E-state index is 0.0479. The van der Waals surface area contributed by atoms with E-state index in [1.54, 1.807) is 4.90 Å². The highest BCUT2D eigenvalue weighted by Gasteiger charge is 2.32. The van der Waals surface area contributed by atoms with Crippen molar-refractivity contribution in [3.8, 4) is 0 Å². The molecule has 2 atom stereocenters. The predicted molar refractivity (Wildman–Crippen MR) is 93.6 cm³/mol. The fourth-order valence-electron chi connectivity index (χ4n) is 3.11. The second-order valence-corrected chi connectivity index (χ2v) is 7.48. The molecule has 2 unspecified atom stereocenters. The fraction of sp³-hybridized carbons (Fsp3) is 0.632. The molecule has 2 N–H and O–H groups in total. The van der Waals surface area contributed by atoms with E-state index in [9.17, 15) is 4.79 Å². The minimum Gasteiger partial charge on any atom is -0.444 e. The van der Waals surface area contributed by atoms with Crippen molar-refractivity contribution in [2.24, 2.45) is 5.73 Å². The van der Waals surface area contributed by atoms with E-state index in [2.05, 4.69) is 31.2 Å². The standard InChI is InChI=1S/C19H30N2O2/c1-5-6-14-7-9-15(10-8-14)16-11-12-21(13-17(16)20)18(22)23-19(2,3)4/h7-10,16-17H,5-6,11-13,20H2,1-4H3. The first-order valence-corrected chi connectivity index (χ1v) is 8.62. The summed E-state index contributed by atoms with van der Waals surface area (Å²) in [6, 6.07) is 8.74. The van der Waals surface area contributed by atoms with Gasteiger partial charge in [0.15, 0.2) is 0 Å². The lowest BCUT2D eigenvalue weighted by Crippen LogP contribution is -2.50. The first-order chi connectivity index (χ1) is 10.8. The van der Waals surface area contributed by atoms with Crippen LogP contribution in [0.4, 0.5) is 4.79 Å². The lowest BCUT2D eigenvalue weighted by molar-refractivity contribution is 0.0186. The Morgan fingerprint density at radius 1 is 1.30 bits per heavy atom. The molecule has 0 aromatic heterocycles. The van der Waals surface area contributed by atoms with Gasteiger partial charge < -0.3 is 15.4 Å². The van der Waals surface area contributed by atoms with Crippen molar-refractivity contribution >= 4 is 6.09 Å². The van der Waals surface area contributed by atoms with Gasteiger partial charge >= 0.3 is 6.09 Å². The van der Waals surface area contributed by atoms with Gasteiger partial charge in [0.25, 0.3) is 0 Å². The van der Waals surface area contributed by atoms with Gasteiger partial charge in [0.05, 0.1) is 0 Å². The molecule has 1 heterocycles. The molecule has 23 heavy (non-hydrogen) atoms. The molecule has 0 aliphatic carbocycles. The van der Waals surface area contributed by atoms with Gasteiger partial charge in [-0.1, -0.05) is 37.6 Å². The zero-order valence-corrected chi connectivity index (χ0v) is 14.8. The van der Waals surface area contributed by atoms with Crippen molar-refractivity contribution in [2.45, 2.75) is 64.5 Å². The number of nitrogens with two attached hydrogens (primary N) is 1. The molecule has 1 aliphatic rings. The van der Waals surface area contributed by atoms with Crippen molar-refractivity contribution in [1.29, 1.82) is 0 Å². The lowest BCUT2D eigenvalue weighted by atomic mass is 9.85. The van der Waals surface area contributed by atoms with Crippen LogP contribution in [0.3, 0.4) is 0 Å². The SMILES string of the molecule is CCCc1ccc(C2CCN(C(=O)OC(C)(C)C)CC2N)cc1.